The quantitative estimate of drug-likeness (QED) is 0.272. The molecule has 18 heteroatoms. The minimum absolute atomic E-state index is 0.0406. The molecule has 3 aromatic rings. The number of piperidine rings is 1. The number of likely N-dealkylation sites (tertiary alicyclic amines) is 2. The number of methoxy groups -OCH3 is 2. The summed E-state index contributed by atoms with van der Waals surface area (Å²) in [4.78, 5) is 45.6. The van der Waals surface area contributed by atoms with Gasteiger partial charge in [0.25, 0.3) is 15.9 Å². The minimum Gasteiger partial charge on any atom is -0.497 e. The molecule has 3 heterocycles. The van der Waals surface area contributed by atoms with Crippen molar-refractivity contribution in [3.05, 3.63) is 76.3 Å². The summed E-state index contributed by atoms with van der Waals surface area (Å²) >= 11 is 6.62. The van der Waals surface area contributed by atoms with Gasteiger partial charge in [-0.05, 0) is 80.3 Å². The Balaban J connectivity index is 1.65. The zero-order chi connectivity index (χ0) is 40.0. The number of carboxylic acids is 1. The minimum atomic E-state index is -5.32. The number of alkyl halides is 3. The third-order valence-corrected chi connectivity index (χ3v) is 12.3. The molecule has 0 aliphatic carbocycles. The Hall–Kier alpha value is -4.58. The molecule has 13 nitrogen and oxygen atoms in total. The first-order chi connectivity index (χ1) is 25.9. The number of carbonyl (C=O) groups is 3. The summed E-state index contributed by atoms with van der Waals surface area (Å²) in [6.07, 6.45) is -2.86. The fourth-order valence-electron chi connectivity index (χ4n) is 7.96. The molecule has 55 heavy (non-hydrogen) atoms. The topological polar surface area (TPSA) is 146 Å². The summed E-state index contributed by atoms with van der Waals surface area (Å²) in [6.45, 7) is 0.747. The molecule has 3 aromatic carbocycles. The van der Waals surface area contributed by atoms with Crippen molar-refractivity contribution < 1.29 is 55.3 Å². The number of anilines is 1. The van der Waals surface area contributed by atoms with Gasteiger partial charge in [-0.3, -0.25) is 24.2 Å². The van der Waals surface area contributed by atoms with Crippen LogP contribution in [0.1, 0.15) is 48.8 Å². The van der Waals surface area contributed by atoms with Crippen LogP contribution in [0, 0.1) is 0 Å². The van der Waals surface area contributed by atoms with Crippen molar-refractivity contribution in [1.82, 2.24) is 14.7 Å². The Labute approximate surface area is 321 Å². The molecule has 3 atom stereocenters. The number of amides is 2. The molecule has 6 rings (SSSR count). The first-order valence-electron chi connectivity index (χ1n) is 17.4. The molecule has 2 saturated heterocycles. The third-order valence-electron chi connectivity index (χ3n) is 10.3. The number of sulfonamides is 1. The summed E-state index contributed by atoms with van der Waals surface area (Å²) in [5.74, 6) is -3.63. The Bertz CT molecular complexity index is 2120. The van der Waals surface area contributed by atoms with Crippen LogP contribution in [0.15, 0.2) is 59.5 Å². The maximum atomic E-state index is 15.7. The molecule has 0 saturated carbocycles. The second-order valence-electron chi connectivity index (χ2n) is 13.7. The van der Waals surface area contributed by atoms with Gasteiger partial charge in [-0.1, -0.05) is 24.1 Å². The predicted molar refractivity (Wildman–Crippen MR) is 194 cm³/mol. The second-order valence-corrected chi connectivity index (χ2v) is 15.9. The normalized spacial score (nSPS) is 22.0. The molecule has 2 amide bonds. The van der Waals surface area contributed by atoms with Crippen LogP contribution in [-0.4, -0.2) is 106 Å². The summed E-state index contributed by atoms with van der Waals surface area (Å²) in [6, 6.07) is 9.96. The first-order valence-corrected chi connectivity index (χ1v) is 19.2. The van der Waals surface area contributed by atoms with Crippen LogP contribution in [0.4, 0.5) is 18.9 Å². The van der Waals surface area contributed by atoms with Gasteiger partial charge in [-0.25, -0.2) is 12.7 Å². The van der Waals surface area contributed by atoms with Gasteiger partial charge >= 0.3 is 12.3 Å². The van der Waals surface area contributed by atoms with Crippen molar-refractivity contribution in [2.75, 3.05) is 45.7 Å². The maximum absolute atomic E-state index is 15.7. The van der Waals surface area contributed by atoms with Crippen LogP contribution < -0.4 is 18.5 Å². The summed E-state index contributed by atoms with van der Waals surface area (Å²) in [5.41, 5.74) is -1.66. The fraction of sp³-hybridized carbons (Fsp3) is 0.432. The molecule has 2 fully saturated rings. The van der Waals surface area contributed by atoms with Crippen molar-refractivity contribution >= 4 is 45.1 Å². The molecule has 1 N–H and O–H groups in total. The molecular formula is C37H40ClF3N4O9S. The number of carboxylic acid groups (broad SMARTS) is 1. The van der Waals surface area contributed by atoms with Gasteiger partial charge in [-0.15, -0.1) is 13.2 Å². The van der Waals surface area contributed by atoms with Gasteiger partial charge in [0.15, 0.2) is 11.3 Å². The number of aliphatic carboxylic acids is 1. The lowest BCUT2D eigenvalue weighted by molar-refractivity contribution is -0.275. The number of halogens is 4. The molecular weight excluding hydrogens is 769 g/mol. The van der Waals surface area contributed by atoms with Crippen LogP contribution >= 0.6 is 11.6 Å². The highest BCUT2D eigenvalue weighted by Crippen LogP contribution is 2.55. The van der Waals surface area contributed by atoms with E-state index in [9.17, 15) is 36.3 Å². The van der Waals surface area contributed by atoms with Crippen LogP contribution in [0.25, 0.3) is 0 Å². The van der Waals surface area contributed by atoms with Crippen LogP contribution in [0.5, 0.6) is 17.2 Å². The monoisotopic (exact) mass is 808 g/mol. The Morgan fingerprint density at radius 1 is 0.927 bits per heavy atom. The Morgan fingerprint density at radius 2 is 1.65 bits per heavy atom. The van der Waals surface area contributed by atoms with Crippen molar-refractivity contribution in [3.63, 3.8) is 0 Å². The first kappa shape index (κ1) is 40.1. The van der Waals surface area contributed by atoms with E-state index in [1.807, 2.05) is 0 Å². The van der Waals surface area contributed by atoms with Crippen molar-refractivity contribution in [2.45, 2.75) is 67.5 Å². The number of rotatable bonds is 11. The molecule has 1 unspecified atom stereocenters. The molecule has 0 aromatic heterocycles. The number of nitrogens with zero attached hydrogens (tertiary/aromatic N) is 4. The van der Waals surface area contributed by atoms with E-state index in [4.69, 9.17) is 21.1 Å². The van der Waals surface area contributed by atoms with Gasteiger partial charge < -0.3 is 24.2 Å². The van der Waals surface area contributed by atoms with E-state index in [1.165, 1.54) is 37.3 Å². The lowest BCUT2D eigenvalue weighted by Gasteiger charge is -2.47. The highest BCUT2D eigenvalue weighted by molar-refractivity contribution is 7.93. The van der Waals surface area contributed by atoms with E-state index >= 15 is 4.79 Å². The van der Waals surface area contributed by atoms with E-state index in [-0.39, 0.29) is 58.8 Å². The van der Waals surface area contributed by atoms with Crippen molar-refractivity contribution in [3.8, 4) is 17.2 Å². The molecule has 0 bridgehead atoms. The lowest BCUT2D eigenvalue weighted by Crippen LogP contribution is -2.62. The van der Waals surface area contributed by atoms with Crippen molar-refractivity contribution in [2.24, 2.45) is 0 Å². The van der Waals surface area contributed by atoms with Crippen LogP contribution in [-0.2, 0) is 36.5 Å². The standard InChI is InChI=1S/C37H40ClF3N4O9S/c1-42(2)33(46)28-8-5-6-17-44(28)36(26-18-22(10-14-30(26)53-4)21-43-16-7-9-29(43)34(47)48)25-19-23(38)11-13-27(25)45(35(36)49)55(50,51)32-15-12-24(52-3)20-31(32)54-37(39,40)41/h10-15,18-20,28-29H,5-9,16-17,21H2,1-4H3,(H,47,48)/t28-,29-,36?/m0/s1. The van der Waals surface area contributed by atoms with Gasteiger partial charge in [0.1, 0.15) is 22.4 Å². The van der Waals surface area contributed by atoms with Gasteiger partial charge in [0, 0.05) is 49.4 Å². The van der Waals surface area contributed by atoms with E-state index in [0.717, 1.165) is 18.2 Å². The largest absolute Gasteiger partial charge is 0.573 e. The zero-order valence-electron chi connectivity index (χ0n) is 30.4. The Morgan fingerprint density at radius 3 is 2.31 bits per heavy atom. The summed E-state index contributed by atoms with van der Waals surface area (Å²) in [5, 5.41) is 9.99. The van der Waals surface area contributed by atoms with Crippen LogP contribution in [0.2, 0.25) is 5.02 Å². The maximum Gasteiger partial charge on any atom is 0.573 e. The number of fused-ring (bicyclic) bond motifs is 1. The number of benzene rings is 3. The molecule has 0 spiro atoms. The summed E-state index contributed by atoms with van der Waals surface area (Å²) < 4.78 is 86.5. The highest BCUT2D eigenvalue weighted by Gasteiger charge is 2.63. The number of hydrogen-bond donors (Lipinski definition) is 1. The smallest absolute Gasteiger partial charge is 0.497 e. The fourth-order valence-corrected chi connectivity index (χ4v) is 9.69. The SMILES string of the molecule is COc1ccc(S(=O)(=O)N2C(=O)C(c3cc(CN4CCC[C@H]4C(=O)O)ccc3OC)(N3CCCC[C@H]3C(=O)N(C)C)c3cc(Cl)ccc32)c(OC(F)(F)F)c1. The predicted octanol–water partition coefficient (Wildman–Crippen LogP) is 5.23. The highest BCUT2D eigenvalue weighted by atomic mass is 35.5. The number of hydrogen-bond acceptors (Lipinski definition) is 10. The van der Waals surface area contributed by atoms with E-state index < -0.39 is 56.5 Å². The second kappa shape index (κ2) is 15.2. The number of likely N-dealkylation sites (N-methyl/N-ethyl adjacent to an activating group) is 1. The lowest BCUT2D eigenvalue weighted by atomic mass is 9.78. The molecule has 3 aliphatic heterocycles. The van der Waals surface area contributed by atoms with Crippen LogP contribution in [0.3, 0.4) is 0 Å². The van der Waals surface area contributed by atoms with E-state index in [0.29, 0.717) is 42.1 Å². The van der Waals surface area contributed by atoms with E-state index in [2.05, 4.69) is 4.74 Å². The molecule has 0 radical (unpaired) electrons. The molecule has 296 valence electrons. The van der Waals surface area contributed by atoms with E-state index in [1.54, 1.807) is 42.1 Å². The van der Waals surface area contributed by atoms with Crippen molar-refractivity contribution in [1.29, 1.82) is 0 Å². The molecule has 3 aliphatic rings. The summed E-state index contributed by atoms with van der Waals surface area (Å²) in [7, 11) is 0.394. The average Bonchev–Trinajstić information content (AvgIpc) is 3.70. The van der Waals surface area contributed by atoms with Gasteiger partial charge in [-0.2, -0.15) is 0 Å². The van der Waals surface area contributed by atoms with Gasteiger partial charge in [0.05, 0.1) is 25.9 Å². The zero-order valence-corrected chi connectivity index (χ0v) is 32.0. The average molecular weight is 809 g/mol. The number of carbonyl (C=O) groups excluding carboxylic acids is 2. The third kappa shape index (κ3) is 7.18. The number of ether oxygens (including phenoxy) is 3. The Kier molecular flexibility index (Phi) is 11.1. The van der Waals surface area contributed by atoms with Gasteiger partial charge in [0.2, 0.25) is 5.91 Å².